The van der Waals surface area contributed by atoms with Crippen LogP contribution in [0.15, 0.2) is 86.0 Å². The smallest absolute Gasteiger partial charge is 0.339 e. The van der Waals surface area contributed by atoms with Crippen LogP contribution in [0.3, 0.4) is 0 Å². The van der Waals surface area contributed by atoms with Gasteiger partial charge in [-0.3, -0.25) is 4.79 Å². The first-order valence-corrected chi connectivity index (χ1v) is 13.7. The van der Waals surface area contributed by atoms with Gasteiger partial charge in [-0.25, -0.2) is 4.99 Å². The van der Waals surface area contributed by atoms with E-state index < -0.39 is 10.1 Å². The van der Waals surface area contributed by atoms with E-state index in [0.29, 0.717) is 20.1 Å². The Morgan fingerprint density at radius 2 is 1.85 bits per heavy atom. The molecule has 1 aliphatic heterocycles. The van der Waals surface area contributed by atoms with Crippen molar-refractivity contribution in [3.05, 3.63) is 90.8 Å². The number of benzene rings is 3. The largest absolute Gasteiger partial charge is 0.378 e. The van der Waals surface area contributed by atoms with Crippen LogP contribution in [0.1, 0.15) is 11.1 Å². The number of nitrogens with zero attached hydrogens (tertiary/aromatic N) is 1. The van der Waals surface area contributed by atoms with Gasteiger partial charge in [-0.15, -0.1) is 0 Å². The van der Waals surface area contributed by atoms with Crippen LogP contribution < -0.4 is 9.50 Å². The summed E-state index contributed by atoms with van der Waals surface area (Å²) in [5.41, 5.74) is 2.41. The molecular weight excluding hydrogens is 639 g/mol. The molecule has 3 aromatic carbocycles. The number of aryl methyl sites for hydroxylation is 1. The van der Waals surface area contributed by atoms with E-state index in [4.69, 9.17) is 4.18 Å². The molecule has 0 atom stereocenters. The van der Waals surface area contributed by atoms with Gasteiger partial charge in [0.25, 0.3) is 5.91 Å². The van der Waals surface area contributed by atoms with E-state index in [1.54, 1.807) is 36.4 Å². The average Bonchev–Trinajstić information content (AvgIpc) is 3.09. The second-order valence-corrected chi connectivity index (χ2v) is 11.7. The van der Waals surface area contributed by atoms with Crippen molar-refractivity contribution >= 4 is 83.2 Å². The lowest BCUT2D eigenvalue weighted by Gasteiger charge is -2.09. The van der Waals surface area contributed by atoms with Crippen molar-refractivity contribution in [3.63, 3.8) is 0 Å². The van der Waals surface area contributed by atoms with Gasteiger partial charge in [0.05, 0.1) is 15.1 Å². The summed E-state index contributed by atoms with van der Waals surface area (Å²) in [7, 11) is -3.97. The van der Waals surface area contributed by atoms with Gasteiger partial charge in [0.15, 0.2) is 10.9 Å². The van der Waals surface area contributed by atoms with Gasteiger partial charge < -0.3 is 9.50 Å². The zero-order valence-corrected chi connectivity index (χ0v) is 22.5. The standard InChI is InChI=1S/C23H16BrIN2O4S2/c1-14-5-8-18(9-6-14)33(29,30)31-20-10-7-15(11-19(20)24)12-21-22(28)27-23(32-21)26-17-4-2-3-16(25)13-17/h2-13H,1H3,(H,26,27,28)/b21-12+. The molecule has 0 unspecified atom stereocenters. The SMILES string of the molecule is Cc1ccc(S(=O)(=O)Oc2ccc(/C=C3/SC(=Nc4cccc(I)c4)NC3=O)cc2Br)cc1. The van der Waals surface area contributed by atoms with Crippen molar-refractivity contribution in [2.24, 2.45) is 4.99 Å². The number of amidine groups is 1. The summed E-state index contributed by atoms with van der Waals surface area (Å²) >= 11 is 6.81. The maximum absolute atomic E-state index is 12.6. The second-order valence-electron chi connectivity index (χ2n) is 7.00. The highest BCUT2D eigenvalue weighted by Crippen LogP contribution is 2.32. The van der Waals surface area contributed by atoms with E-state index in [9.17, 15) is 13.2 Å². The highest BCUT2D eigenvalue weighted by atomic mass is 127. The number of hydrogen-bond donors (Lipinski definition) is 1. The van der Waals surface area contributed by atoms with Crippen molar-refractivity contribution in [3.8, 4) is 5.75 Å². The highest BCUT2D eigenvalue weighted by Gasteiger charge is 2.24. The van der Waals surface area contributed by atoms with Gasteiger partial charge in [-0.1, -0.05) is 29.8 Å². The molecule has 0 saturated carbocycles. The number of amides is 1. The molecule has 0 aromatic heterocycles. The minimum Gasteiger partial charge on any atom is -0.378 e. The summed E-state index contributed by atoms with van der Waals surface area (Å²) in [5, 5.41) is 3.26. The van der Waals surface area contributed by atoms with Crippen LogP contribution in [0.4, 0.5) is 5.69 Å². The third-order valence-corrected chi connectivity index (χ3v) is 7.90. The topological polar surface area (TPSA) is 84.8 Å². The van der Waals surface area contributed by atoms with Crippen molar-refractivity contribution in [2.75, 3.05) is 0 Å². The predicted octanol–water partition coefficient (Wildman–Crippen LogP) is 6.02. The molecule has 4 rings (SSSR count). The van der Waals surface area contributed by atoms with Gasteiger partial charge in [-0.05, 0) is 111 Å². The Labute approximate surface area is 217 Å². The second kappa shape index (κ2) is 10.00. The van der Waals surface area contributed by atoms with Crippen LogP contribution in [0.2, 0.25) is 0 Å². The molecule has 0 bridgehead atoms. The lowest BCUT2D eigenvalue weighted by Crippen LogP contribution is -2.19. The van der Waals surface area contributed by atoms with Gasteiger partial charge in [-0.2, -0.15) is 8.42 Å². The number of rotatable bonds is 5. The van der Waals surface area contributed by atoms with Gasteiger partial charge in [0.2, 0.25) is 0 Å². The number of halogens is 2. The number of hydrogen-bond acceptors (Lipinski definition) is 6. The van der Waals surface area contributed by atoms with Gasteiger partial charge in [0, 0.05) is 3.57 Å². The van der Waals surface area contributed by atoms with E-state index in [1.807, 2.05) is 31.2 Å². The fourth-order valence-corrected chi connectivity index (χ4v) is 5.74. The van der Waals surface area contributed by atoms with E-state index in [-0.39, 0.29) is 16.6 Å². The minimum absolute atomic E-state index is 0.0742. The number of aliphatic imine (C=N–C) groups is 1. The lowest BCUT2D eigenvalue weighted by molar-refractivity contribution is -0.115. The summed E-state index contributed by atoms with van der Waals surface area (Å²) in [6.07, 6.45) is 1.71. The van der Waals surface area contributed by atoms with Crippen LogP contribution >= 0.6 is 50.3 Å². The predicted molar refractivity (Wildman–Crippen MR) is 143 cm³/mol. The first kappa shape index (κ1) is 24.0. The van der Waals surface area contributed by atoms with Crippen LogP contribution in [-0.2, 0) is 14.9 Å². The summed E-state index contributed by atoms with van der Waals surface area (Å²) in [5.74, 6) is -0.0926. The number of carbonyl (C=O) groups is 1. The number of nitrogens with one attached hydrogen (secondary N) is 1. The molecule has 1 heterocycles. The molecule has 1 saturated heterocycles. The Morgan fingerprint density at radius 1 is 1.09 bits per heavy atom. The molecule has 10 heteroatoms. The van der Waals surface area contributed by atoms with E-state index in [2.05, 4.69) is 48.8 Å². The molecule has 0 radical (unpaired) electrons. The van der Waals surface area contributed by atoms with Crippen LogP contribution in [0.25, 0.3) is 6.08 Å². The van der Waals surface area contributed by atoms with Gasteiger partial charge >= 0.3 is 10.1 Å². The van der Waals surface area contributed by atoms with Crippen molar-refractivity contribution in [1.29, 1.82) is 0 Å². The molecule has 1 aliphatic rings. The van der Waals surface area contributed by atoms with E-state index in [0.717, 1.165) is 14.8 Å². The molecule has 33 heavy (non-hydrogen) atoms. The van der Waals surface area contributed by atoms with Crippen molar-refractivity contribution in [2.45, 2.75) is 11.8 Å². The minimum atomic E-state index is -3.97. The summed E-state index contributed by atoms with van der Waals surface area (Å²) in [6.45, 7) is 1.88. The Balaban J connectivity index is 1.52. The highest BCUT2D eigenvalue weighted by molar-refractivity contribution is 14.1. The van der Waals surface area contributed by atoms with E-state index in [1.165, 1.54) is 23.9 Å². The summed E-state index contributed by atoms with van der Waals surface area (Å²) < 4.78 is 31.9. The molecule has 6 nitrogen and oxygen atoms in total. The Kier molecular flexibility index (Phi) is 7.27. The number of carbonyl (C=O) groups excluding carboxylic acids is 1. The molecule has 168 valence electrons. The van der Waals surface area contributed by atoms with Crippen molar-refractivity contribution in [1.82, 2.24) is 5.32 Å². The molecule has 0 spiro atoms. The first-order valence-electron chi connectivity index (χ1n) is 9.55. The van der Waals surface area contributed by atoms with Crippen LogP contribution in [0.5, 0.6) is 5.75 Å². The maximum Gasteiger partial charge on any atom is 0.339 e. The van der Waals surface area contributed by atoms with Crippen LogP contribution in [0, 0.1) is 10.5 Å². The average molecular weight is 655 g/mol. The zero-order valence-electron chi connectivity index (χ0n) is 17.1. The van der Waals surface area contributed by atoms with E-state index >= 15 is 0 Å². The quantitative estimate of drug-likeness (QED) is 0.207. The Bertz CT molecular complexity index is 1400. The fourth-order valence-electron chi connectivity index (χ4n) is 2.84. The summed E-state index contributed by atoms with van der Waals surface area (Å²) in [4.78, 5) is 17.4. The molecule has 1 fully saturated rings. The molecule has 1 N–H and O–H groups in total. The van der Waals surface area contributed by atoms with Gasteiger partial charge in [0.1, 0.15) is 4.90 Å². The third kappa shape index (κ3) is 6.05. The number of thioether (sulfide) groups is 1. The molecule has 3 aromatic rings. The first-order chi connectivity index (χ1) is 15.7. The molecule has 1 amide bonds. The normalized spacial score (nSPS) is 16.3. The Morgan fingerprint density at radius 3 is 2.55 bits per heavy atom. The molecular formula is C23H16BrIN2O4S2. The molecule has 0 aliphatic carbocycles. The Hall–Kier alpha value is -2.15. The van der Waals surface area contributed by atoms with Crippen LogP contribution in [-0.4, -0.2) is 19.5 Å². The third-order valence-electron chi connectivity index (χ3n) is 4.45. The van der Waals surface area contributed by atoms with Crippen molar-refractivity contribution < 1.29 is 17.4 Å². The monoisotopic (exact) mass is 654 g/mol. The fraction of sp³-hybridized carbons (Fsp3) is 0.0435. The summed E-state index contributed by atoms with van der Waals surface area (Å²) in [6, 6.07) is 19.0. The lowest BCUT2D eigenvalue weighted by atomic mass is 10.2. The zero-order chi connectivity index (χ0) is 23.6. The maximum atomic E-state index is 12.6.